The molecule has 4 aromatic rings. The van der Waals surface area contributed by atoms with Crippen molar-refractivity contribution in [3.8, 4) is 0 Å². The first-order chi connectivity index (χ1) is 16.1. The first-order valence-electron chi connectivity index (χ1n) is 11.2. The van der Waals surface area contributed by atoms with Gasteiger partial charge in [-0.25, -0.2) is 0 Å². The summed E-state index contributed by atoms with van der Waals surface area (Å²) in [5.74, 6) is 0. The zero-order valence-electron chi connectivity index (χ0n) is 18.8. The Hall–Kier alpha value is -3.51. The summed E-state index contributed by atoms with van der Waals surface area (Å²) >= 11 is 5.85. The molecule has 0 aliphatic carbocycles. The van der Waals surface area contributed by atoms with Gasteiger partial charge in [0.1, 0.15) is 0 Å². The van der Waals surface area contributed by atoms with Gasteiger partial charge in [0, 0.05) is 43.1 Å². The fourth-order valence-electron chi connectivity index (χ4n) is 4.74. The summed E-state index contributed by atoms with van der Waals surface area (Å²) in [6.07, 6.45) is 5.60. The number of hydrogen-bond donors (Lipinski definition) is 1. The molecule has 3 aromatic heterocycles. The second-order valence-electron chi connectivity index (χ2n) is 8.51. The molecule has 1 aliphatic rings. The maximum Gasteiger partial charge on any atom is 0.170 e. The second kappa shape index (κ2) is 9.16. The monoisotopic (exact) mass is 453 g/mol. The lowest BCUT2D eigenvalue weighted by Crippen LogP contribution is -2.29. The van der Waals surface area contributed by atoms with Crippen molar-refractivity contribution in [1.29, 1.82) is 0 Å². The van der Waals surface area contributed by atoms with E-state index < -0.39 is 0 Å². The third-order valence-electron chi connectivity index (χ3n) is 6.39. The minimum absolute atomic E-state index is 0.0187. The summed E-state index contributed by atoms with van der Waals surface area (Å²) in [5.41, 5.74) is 7.16. The molecule has 0 bridgehead atoms. The van der Waals surface area contributed by atoms with Gasteiger partial charge in [0.05, 0.1) is 17.8 Å². The van der Waals surface area contributed by atoms with Crippen LogP contribution in [0.4, 0.5) is 0 Å². The van der Waals surface area contributed by atoms with Gasteiger partial charge in [-0.15, -0.1) is 0 Å². The van der Waals surface area contributed by atoms with Crippen LogP contribution in [-0.4, -0.2) is 24.5 Å². The molecule has 5 rings (SSSR count). The highest BCUT2D eigenvalue weighted by Gasteiger charge is 2.41. The minimum atomic E-state index is -0.0187. The highest BCUT2D eigenvalue weighted by molar-refractivity contribution is 7.80. The number of hydrogen-bond acceptors (Lipinski definition) is 3. The predicted octanol–water partition coefficient (Wildman–Crippen LogP) is 5.12. The number of thiocarbonyl (C=S) groups is 1. The first kappa shape index (κ1) is 21.3. The van der Waals surface area contributed by atoms with Gasteiger partial charge in [0.15, 0.2) is 5.11 Å². The Morgan fingerprint density at radius 1 is 0.909 bits per heavy atom. The topological polar surface area (TPSA) is 46.0 Å². The number of rotatable bonds is 6. The molecule has 5 nitrogen and oxygen atoms in total. The third kappa shape index (κ3) is 4.26. The number of nitrogens with one attached hydrogen (secondary N) is 1. The van der Waals surface area contributed by atoms with Crippen LogP contribution in [0, 0.1) is 13.8 Å². The molecule has 1 aliphatic heterocycles. The zero-order valence-corrected chi connectivity index (χ0v) is 19.7. The summed E-state index contributed by atoms with van der Waals surface area (Å²) in [6.45, 7) is 5.91. The Labute approximate surface area is 200 Å². The van der Waals surface area contributed by atoms with E-state index in [-0.39, 0.29) is 12.1 Å². The molecule has 1 N–H and O–H groups in total. The SMILES string of the molecule is Cc1cc(C2C(c3ccccn3)NC(=S)N2Cc2ccccc2)c(C)n1Cc1cccnc1. The summed E-state index contributed by atoms with van der Waals surface area (Å²) < 4.78 is 2.36. The average molecular weight is 454 g/mol. The number of benzene rings is 1. The van der Waals surface area contributed by atoms with Crippen molar-refractivity contribution in [3.63, 3.8) is 0 Å². The van der Waals surface area contributed by atoms with Crippen molar-refractivity contribution in [2.45, 2.75) is 39.0 Å². The number of aryl methyl sites for hydroxylation is 1. The Bertz CT molecular complexity index is 1240. The molecule has 33 heavy (non-hydrogen) atoms. The van der Waals surface area contributed by atoms with Crippen LogP contribution in [0.1, 0.15) is 45.9 Å². The quantitative estimate of drug-likeness (QED) is 0.411. The molecule has 166 valence electrons. The number of aromatic nitrogens is 3. The molecule has 6 heteroatoms. The van der Waals surface area contributed by atoms with Crippen molar-refractivity contribution < 1.29 is 0 Å². The van der Waals surface area contributed by atoms with E-state index in [9.17, 15) is 0 Å². The van der Waals surface area contributed by atoms with Crippen molar-refractivity contribution in [1.82, 2.24) is 24.8 Å². The first-order valence-corrected chi connectivity index (χ1v) is 11.6. The standard InChI is InChI=1S/C27H27N5S/c1-19-15-23(20(2)31(19)18-22-11-8-13-28-16-22)26-25(24-12-6-7-14-29-24)30-27(33)32(26)17-21-9-4-3-5-10-21/h3-16,25-26H,17-18H2,1-2H3,(H,30,33). The fourth-order valence-corrected chi connectivity index (χ4v) is 5.04. The molecule has 4 heterocycles. The van der Waals surface area contributed by atoms with Crippen molar-refractivity contribution in [2.75, 3.05) is 0 Å². The largest absolute Gasteiger partial charge is 0.352 e. The summed E-state index contributed by atoms with van der Waals surface area (Å²) in [6, 6.07) is 23.0. The Morgan fingerprint density at radius 3 is 2.42 bits per heavy atom. The Morgan fingerprint density at radius 2 is 1.70 bits per heavy atom. The van der Waals surface area contributed by atoms with Crippen molar-refractivity contribution >= 4 is 17.3 Å². The fraction of sp³-hybridized carbons (Fsp3) is 0.222. The van der Waals surface area contributed by atoms with E-state index in [1.807, 2.05) is 42.9 Å². The predicted molar refractivity (Wildman–Crippen MR) is 135 cm³/mol. The highest BCUT2D eigenvalue weighted by atomic mass is 32.1. The van der Waals surface area contributed by atoms with Crippen LogP contribution in [0.25, 0.3) is 0 Å². The van der Waals surface area contributed by atoms with Gasteiger partial charge in [-0.3, -0.25) is 9.97 Å². The highest BCUT2D eigenvalue weighted by Crippen LogP contribution is 2.41. The van der Waals surface area contributed by atoms with E-state index in [2.05, 4.69) is 81.1 Å². The summed E-state index contributed by atoms with van der Waals surface area (Å²) in [5, 5.41) is 4.33. The zero-order chi connectivity index (χ0) is 22.8. The van der Waals surface area contributed by atoms with E-state index in [1.54, 1.807) is 0 Å². The van der Waals surface area contributed by atoms with Gasteiger partial charge in [-0.2, -0.15) is 0 Å². The average Bonchev–Trinajstić information content (AvgIpc) is 3.31. The molecule has 1 saturated heterocycles. The van der Waals surface area contributed by atoms with E-state index >= 15 is 0 Å². The molecular weight excluding hydrogens is 426 g/mol. The van der Waals surface area contributed by atoms with E-state index in [0.29, 0.717) is 0 Å². The lowest BCUT2D eigenvalue weighted by atomic mass is 9.96. The maximum atomic E-state index is 5.85. The van der Waals surface area contributed by atoms with Crippen LogP contribution in [0.15, 0.2) is 85.3 Å². The molecule has 0 radical (unpaired) electrons. The molecule has 2 unspecified atom stereocenters. The lowest BCUT2D eigenvalue weighted by Gasteiger charge is -2.28. The lowest BCUT2D eigenvalue weighted by molar-refractivity contribution is 0.310. The van der Waals surface area contributed by atoms with Gasteiger partial charge in [0.25, 0.3) is 0 Å². The van der Waals surface area contributed by atoms with E-state index in [4.69, 9.17) is 12.2 Å². The molecular formula is C27H27N5S. The van der Waals surface area contributed by atoms with Crippen LogP contribution >= 0.6 is 12.2 Å². The second-order valence-corrected chi connectivity index (χ2v) is 8.90. The maximum absolute atomic E-state index is 5.85. The van der Waals surface area contributed by atoms with Crippen LogP contribution < -0.4 is 5.32 Å². The molecule has 0 saturated carbocycles. The van der Waals surface area contributed by atoms with Crippen molar-refractivity contribution in [2.24, 2.45) is 0 Å². The molecule has 0 amide bonds. The van der Waals surface area contributed by atoms with Gasteiger partial charge in [0.2, 0.25) is 0 Å². The van der Waals surface area contributed by atoms with Gasteiger partial charge >= 0.3 is 0 Å². The summed E-state index contributed by atoms with van der Waals surface area (Å²) in [4.78, 5) is 11.3. The third-order valence-corrected chi connectivity index (χ3v) is 6.74. The van der Waals surface area contributed by atoms with Crippen LogP contribution in [0.2, 0.25) is 0 Å². The molecule has 2 atom stereocenters. The van der Waals surface area contributed by atoms with Gasteiger partial charge in [-0.05, 0) is 67.0 Å². The molecule has 0 spiro atoms. The van der Waals surface area contributed by atoms with Crippen LogP contribution in [-0.2, 0) is 13.1 Å². The van der Waals surface area contributed by atoms with Gasteiger partial charge in [-0.1, -0.05) is 42.5 Å². The molecule has 1 aromatic carbocycles. The Balaban J connectivity index is 1.56. The molecule has 1 fully saturated rings. The van der Waals surface area contributed by atoms with E-state index in [0.717, 1.165) is 23.9 Å². The van der Waals surface area contributed by atoms with Gasteiger partial charge < -0.3 is 14.8 Å². The van der Waals surface area contributed by atoms with Crippen LogP contribution in [0.5, 0.6) is 0 Å². The Kier molecular flexibility index (Phi) is 5.92. The summed E-state index contributed by atoms with van der Waals surface area (Å²) in [7, 11) is 0. The number of pyridine rings is 2. The smallest absolute Gasteiger partial charge is 0.170 e. The minimum Gasteiger partial charge on any atom is -0.352 e. The van der Waals surface area contributed by atoms with Crippen molar-refractivity contribution in [3.05, 3.63) is 119 Å². The number of nitrogens with zero attached hydrogens (tertiary/aromatic N) is 4. The van der Waals surface area contributed by atoms with Crippen LogP contribution in [0.3, 0.4) is 0 Å². The normalized spacial score (nSPS) is 17.9. The van der Waals surface area contributed by atoms with E-state index in [1.165, 1.54) is 28.1 Å².